The molecule has 2 aromatic rings. The number of nitrogens with two attached hydrogens (primary N) is 2. The molecule has 1 aromatic heterocycles. The number of nitrogen functional groups attached to an aromatic ring is 1. The van der Waals surface area contributed by atoms with Crippen LogP contribution in [-0.2, 0) is 6.42 Å². The van der Waals surface area contributed by atoms with E-state index in [0.29, 0.717) is 11.2 Å². The van der Waals surface area contributed by atoms with E-state index in [4.69, 9.17) is 11.5 Å². The van der Waals surface area contributed by atoms with Gasteiger partial charge >= 0.3 is 0 Å². The van der Waals surface area contributed by atoms with Crippen LogP contribution < -0.4 is 11.5 Å². The van der Waals surface area contributed by atoms with E-state index in [1.165, 1.54) is 23.1 Å². The van der Waals surface area contributed by atoms with Crippen molar-refractivity contribution in [2.45, 2.75) is 25.3 Å². The third-order valence-electron chi connectivity index (χ3n) is 3.27. The lowest BCUT2D eigenvalue weighted by Crippen LogP contribution is -2.37. The van der Waals surface area contributed by atoms with Crippen LogP contribution in [0.2, 0.25) is 0 Å². The van der Waals surface area contributed by atoms with E-state index in [0.717, 1.165) is 17.9 Å². The maximum Gasteiger partial charge on any atom is 0.181 e. The van der Waals surface area contributed by atoms with Crippen LogP contribution in [0.1, 0.15) is 18.4 Å². The second-order valence-corrected chi connectivity index (χ2v) is 5.72. The van der Waals surface area contributed by atoms with Crippen LogP contribution in [0.25, 0.3) is 10.2 Å². The third-order valence-corrected chi connectivity index (χ3v) is 4.11. The zero-order valence-corrected chi connectivity index (χ0v) is 9.83. The van der Waals surface area contributed by atoms with Gasteiger partial charge in [-0.15, -0.1) is 0 Å². The molecule has 0 atom stereocenters. The van der Waals surface area contributed by atoms with Crippen molar-refractivity contribution in [3.05, 3.63) is 23.8 Å². The van der Waals surface area contributed by atoms with Crippen LogP contribution >= 0.6 is 11.3 Å². The van der Waals surface area contributed by atoms with Gasteiger partial charge in [-0.2, -0.15) is 0 Å². The van der Waals surface area contributed by atoms with Gasteiger partial charge in [0.1, 0.15) is 0 Å². The fourth-order valence-electron chi connectivity index (χ4n) is 2.40. The molecular formula is C12H15N3S. The highest BCUT2D eigenvalue weighted by Crippen LogP contribution is 2.31. The highest BCUT2D eigenvalue weighted by atomic mass is 32.1. The lowest BCUT2D eigenvalue weighted by molar-refractivity contribution is 0.264. The quantitative estimate of drug-likeness (QED) is 0.835. The molecule has 0 amide bonds. The number of rotatable bonds is 2. The molecule has 3 rings (SSSR count). The fraction of sp³-hybridized carbons (Fsp3) is 0.417. The molecule has 1 heterocycles. The van der Waals surface area contributed by atoms with Crippen molar-refractivity contribution in [3.63, 3.8) is 0 Å². The summed E-state index contributed by atoms with van der Waals surface area (Å²) >= 11 is 1.56. The molecule has 1 aromatic carbocycles. The van der Waals surface area contributed by atoms with E-state index in [1.807, 2.05) is 0 Å². The maximum absolute atomic E-state index is 5.79. The second-order valence-electron chi connectivity index (χ2n) is 4.66. The molecule has 16 heavy (non-hydrogen) atoms. The van der Waals surface area contributed by atoms with Gasteiger partial charge in [-0.05, 0) is 42.9 Å². The van der Waals surface area contributed by atoms with Gasteiger partial charge in [0.05, 0.1) is 10.2 Å². The summed E-state index contributed by atoms with van der Waals surface area (Å²) in [7, 11) is 0. The van der Waals surface area contributed by atoms with Crippen LogP contribution in [-0.4, -0.2) is 11.0 Å². The van der Waals surface area contributed by atoms with Crippen molar-refractivity contribution < 1.29 is 0 Å². The molecule has 1 aliphatic rings. The number of anilines is 1. The first-order chi connectivity index (χ1) is 7.70. The van der Waals surface area contributed by atoms with E-state index in [2.05, 4.69) is 23.2 Å². The molecule has 0 saturated heterocycles. The molecule has 1 aliphatic carbocycles. The Morgan fingerprint density at radius 1 is 1.38 bits per heavy atom. The number of fused-ring (bicyclic) bond motifs is 1. The number of hydrogen-bond acceptors (Lipinski definition) is 4. The zero-order chi connectivity index (χ0) is 11.1. The van der Waals surface area contributed by atoms with Gasteiger partial charge in [-0.25, -0.2) is 4.98 Å². The average Bonchev–Trinajstić information content (AvgIpc) is 2.55. The lowest BCUT2D eigenvalue weighted by Gasteiger charge is -2.32. The van der Waals surface area contributed by atoms with Crippen LogP contribution in [0, 0.1) is 5.92 Å². The van der Waals surface area contributed by atoms with Crippen molar-refractivity contribution in [1.82, 2.24) is 4.98 Å². The van der Waals surface area contributed by atoms with Gasteiger partial charge in [0.2, 0.25) is 0 Å². The van der Waals surface area contributed by atoms with E-state index in [1.54, 1.807) is 11.3 Å². The van der Waals surface area contributed by atoms with Gasteiger partial charge in [-0.3, -0.25) is 0 Å². The molecule has 0 spiro atoms. The summed E-state index contributed by atoms with van der Waals surface area (Å²) in [6, 6.07) is 6.88. The first-order valence-electron chi connectivity index (χ1n) is 5.61. The van der Waals surface area contributed by atoms with E-state index >= 15 is 0 Å². The van der Waals surface area contributed by atoms with Crippen LogP contribution in [0.15, 0.2) is 18.2 Å². The topological polar surface area (TPSA) is 64.9 Å². The zero-order valence-electron chi connectivity index (χ0n) is 9.02. The Bertz CT molecular complexity index is 514. The number of aromatic nitrogens is 1. The minimum Gasteiger partial charge on any atom is -0.375 e. The van der Waals surface area contributed by atoms with Gasteiger partial charge in [-0.1, -0.05) is 17.4 Å². The van der Waals surface area contributed by atoms with Crippen molar-refractivity contribution in [1.29, 1.82) is 0 Å². The molecule has 4 heteroatoms. The largest absolute Gasteiger partial charge is 0.375 e. The predicted octanol–water partition coefficient (Wildman–Crippen LogP) is 2.16. The number of benzene rings is 1. The number of hydrogen-bond donors (Lipinski definition) is 2. The van der Waals surface area contributed by atoms with Crippen molar-refractivity contribution >= 4 is 26.7 Å². The SMILES string of the molecule is Nc1nc2ccc(CC3CC(N)C3)cc2s1. The summed E-state index contributed by atoms with van der Waals surface area (Å²) in [5.74, 6) is 0.776. The molecule has 0 unspecified atom stereocenters. The van der Waals surface area contributed by atoms with Gasteiger partial charge in [0.25, 0.3) is 0 Å². The molecular weight excluding hydrogens is 218 g/mol. The Balaban J connectivity index is 1.82. The highest BCUT2D eigenvalue weighted by molar-refractivity contribution is 7.22. The standard InChI is InChI=1S/C12H15N3S/c13-9-4-8(5-9)3-7-1-2-10-11(6-7)16-12(14)15-10/h1-2,6,8-9H,3-5,13H2,(H2,14,15). The molecule has 0 aliphatic heterocycles. The van der Waals surface area contributed by atoms with E-state index < -0.39 is 0 Å². The summed E-state index contributed by atoms with van der Waals surface area (Å²) < 4.78 is 1.19. The number of nitrogens with zero attached hydrogens (tertiary/aromatic N) is 1. The summed E-state index contributed by atoms with van der Waals surface area (Å²) in [6.45, 7) is 0. The molecule has 1 fully saturated rings. The normalized spacial score (nSPS) is 24.6. The molecule has 3 nitrogen and oxygen atoms in total. The van der Waals surface area contributed by atoms with Crippen molar-refractivity contribution in [3.8, 4) is 0 Å². The third kappa shape index (κ3) is 1.79. The minimum atomic E-state index is 0.438. The van der Waals surface area contributed by atoms with Crippen LogP contribution in [0.4, 0.5) is 5.13 Å². The van der Waals surface area contributed by atoms with Crippen molar-refractivity contribution in [2.75, 3.05) is 5.73 Å². The van der Waals surface area contributed by atoms with E-state index in [-0.39, 0.29) is 0 Å². The monoisotopic (exact) mass is 233 g/mol. The second kappa shape index (κ2) is 3.71. The first kappa shape index (κ1) is 10.1. The van der Waals surface area contributed by atoms with Gasteiger partial charge in [0, 0.05) is 6.04 Å². The lowest BCUT2D eigenvalue weighted by atomic mass is 9.77. The minimum absolute atomic E-state index is 0.438. The summed E-state index contributed by atoms with van der Waals surface area (Å²) in [6.07, 6.45) is 3.48. The average molecular weight is 233 g/mol. The Hall–Kier alpha value is -1.13. The van der Waals surface area contributed by atoms with Crippen molar-refractivity contribution in [2.24, 2.45) is 11.7 Å². The molecule has 84 valence electrons. The first-order valence-corrected chi connectivity index (χ1v) is 6.43. The van der Waals surface area contributed by atoms with Gasteiger partial charge in [0.15, 0.2) is 5.13 Å². The maximum atomic E-state index is 5.79. The molecule has 4 N–H and O–H groups in total. The molecule has 1 saturated carbocycles. The Morgan fingerprint density at radius 3 is 2.94 bits per heavy atom. The summed E-state index contributed by atoms with van der Waals surface area (Å²) in [4.78, 5) is 4.26. The van der Waals surface area contributed by atoms with Crippen LogP contribution in [0.3, 0.4) is 0 Å². The van der Waals surface area contributed by atoms with Gasteiger partial charge < -0.3 is 11.5 Å². The fourth-order valence-corrected chi connectivity index (χ4v) is 3.20. The highest BCUT2D eigenvalue weighted by Gasteiger charge is 2.25. The Morgan fingerprint density at radius 2 is 2.19 bits per heavy atom. The molecule has 0 bridgehead atoms. The summed E-state index contributed by atoms with van der Waals surface area (Å²) in [5, 5.41) is 0.651. The predicted molar refractivity (Wildman–Crippen MR) is 68.4 cm³/mol. The molecule has 0 radical (unpaired) electrons. The Kier molecular flexibility index (Phi) is 2.33. The number of thiazole rings is 1. The smallest absolute Gasteiger partial charge is 0.181 e. The Labute approximate surface area is 98.5 Å². The van der Waals surface area contributed by atoms with Crippen LogP contribution in [0.5, 0.6) is 0 Å². The van der Waals surface area contributed by atoms with E-state index in [9.17, 15) is 0 Å². The summed E-state index contributed by atoms with van der Waals surface area (Å²) in [5.41, 5.74) is 13.9.